The standard InChI is InChI=1S/C12H17ClN2O/c1-9-2-3-10(4-11(9)13)15-6-12(5-14)7-16-8-12/h2-4,15H,5-8,14H2,1H3. The molecule has 3 nitrogen and oxygen atoms in total. The third-order valence-corrected chi connectivity index (χ3v) is 3.50. The second-order valence-electron chi connectivity index (χ2n) is 4.51. The highest BCUT2D eigenvalue weighted by molar-refractivity contribution is 6.31. The average Bonchev–Trinajstić information content (AvgIpc) is 2.22. The van der Waals surface area contributed by atoms with Crippen molar-refractivity contribution in [3.63, 3.8) is 0 Å². The maximum absolute atomic E-state index is 6.06. The molecule has 0 saturated carbocycles. The van der Waals surface area contributed by atoms with Crippen molar-refractivity contribution in [1.29, 1.82) is 0 Å². The van der Waals surface area contributed by atoms with Gasteiger partial charge in [-0.1, -0.05) is 17.7 Å². The number of hydrogen-bond donors (Lipinski definition) is 2. The molecule has 0 amide bonds. The van der Waals surface area contributed by atoms with E-state index < -0.39 is 0 Å². The maximum atomic E-state index is 6.06. The molecule has 1 fully saturated rings. The Morgan fingerprint density at radius 1 is 1.50 bits per heavy atom. The summed E-state index contributed by atoms with van der Waals surface area (Å²) in [4.78, 5) is 0. The summed E-state index contributed by atoms with van der Waals surface area (Å²) in [5.41, 5.74) is 7.98. The summed E-state index contributed by atoms with van der Waals surface area (Å²) in [6, 6.07) is 5.99. The second kappa shape index (κ2) is 4.62. The van der Waals surface area contributed by atoms with Crippen LogP contribution < -0.4 is 11.1 Å². The summed E-state index contributed by atoms with van der Waals surface area (Å²) in [7, 11) is 0. The zero-order chi connectivity index (χ0) is 11.6. The van der Waals surface area contributed by atoms with Gasteiger partial charge in [-0.05, 0) is 24.6 Å². The Morgan fingerprint density at radius 2 is 2.25 bits per heavy atom. The lowest BCUT2D eigenvalue weighted by atomic mass is 9.86. The molecule has 3 N–H and O–H groups in total. The van der Waals surface area contributed by atoms with Gasteiger partial charge in [-0.3, -0.25) is 0 Å². The molecule has 0 aromatic heterocycles. The van der Waals surface area contributed by atoms with Gasteiger partial charge < -0.3 is 15.8 Å². The summed E-state index contributed by atoms with van der Waals surface area (Å²) in [5.74, 6) is 0. The van der Waals surface area contributed by atoms with Gasteiger partial charge in [0, 0.05) is 29.2 Å². The molecule has 1 aliphatic heterocycles. The van der Waals surface area contributed by atoms with E-state index in [0.29, 0.717) is 6.54 Å². The van der Waals surface area contributed by atoms with E-state index in [0.717, 1.165) is 36.0 Å². The Balaban J connectivity index is 1.96. The number of benzene rings is 1. The monoisotopic (exact) mass is 240 g/mol. The molecule has 2 rings (SSSR count). The van der Waals surface area contributed by atoms with Crippen LogP contribution in [0.15, 0.2) is 18.2 Å². The van der Waals surface area contributed by atoms with E-state index in [1.807, 2.05) is 25.1 Å². The van der Waals surface area contributed by atoms with Crippen molar-refractivity contribution in [2.24, 2.45) is 11.1 Å². The van der Waals surface area contributed by atoms with Crippen LogP contribution in [0.3, 0.4) is 0 Å². The zero-order valence-electron chi connectivity index (χ0n) is 9.42. The van der Waals surface area contributed by atoms with Crippen LogP contribution in [-0.2, 0) is 4.74 Å². The molecule has 1 heterocycles. The Morgan fingerprint density at radius 3 is 2.75 bits per heavy atom. The Bertz CT molecular complexity index is 372. The number of rotatable bonds is 4. The first-order valence-corrected chi connectivity index (χ1v) is 5.81. The van der Waals surface area contributed by atoms with Crippen LogP contribution >= 0.6 is 11.6 Å². The van der Waals surface area contributed by atoms with Crippen LogP contribution in [0.1, 0.15) is 5.56 Å². The van der Waals surface area contributed by atoms with Gasteiger partial charge in [0.25, 0.3) is 0 Å². The van der Waals surface area contributed by atoms with Crippen molar-refractivity contribution in [3.8, 4) is 0 Å². The van der Waals surface area contributed by atoms with Crippen LogP contribution in [0.2, 0.25) is 5.02 Å². The minimum absolute atomic E-state index is 0.108. The van der Waals surface area contributed by atoms with Crippen LogP contribution in [0.5, 0.6) is 0 Å². The summed E-state index contributed by atoms with van der Waals surface area (Å²) < 4.78 is 5.21. The maximum Gasteiger partial charge on any atom is 0.0574 e. The van der Waals surface area contributed by atoms with Gasteiger partial charge in [0.15, 0.2) is 0 Å². The molecule has 16 heavy (non-hydrogen) atoms. The van der Waals surface area contributed by atoms with Gasteiger partial charge in [0.1, 0.15) is 0 Å². The van der Waals surface area contributed by atoms with E-state index in [4.69, 9.17) is 22.1 Å². The molecule has 4 heteroatoms. The summed E-state index contributed by atoms with van der Waals surface area (Å²) in [6.07, 6.45) is 0. The zero-order valence-corrected chi connectivity index (χ0v) is 10.2. The molecular weight excluding hydrogens is 224 g/mol. The van der Waals surface area contributed by atoms with E-state index in [2.05, 4.69) is 5.32 Å². The normalized spacial score (nSPS) is 17.9. The first kappa shape index (κ1) is 11.7. The third kappa shape index (κ3) is 2.32. The average molecular weight is 241 g/mol. The quantitative estimate of drug-likeness (QED) is 0.847. The second-order valence-corrected chi connectivity index (χ2v) is 4.92. The lowest BCUT2D eigenvalue weighted by Crippen LogP contribution is -2.52. The molecule has 0 spiro atoms. The van der Waals surface area contributed by atoms with Crippen molar-refractivity contribution < 1.29 is 4.74 Å². The molecule has 0 aliphatic carbocycles. The van der Waals surface area contributed by atoms with Gasteiger partial charge in [-0.15, -0.1) is 0 Å². The van der Waals surface area contributed by atoms with Gasteiger partial charge in [0.2, 0.25) is 0 Å². The number of anilines is 1. The largest absolute Gasteiger partial charge is 0.384 e. The highest BCUT2D eigenvalue weighted by atomic mass is 35.5. The SMILES string of the molecule is Cc1ccc(NCC2(CN)COC2)cc1Cl. The molecule has 1 aliphatic rings. The molecule has 0 radical (unpaired) electrons. The summed E-state index contributed by atoms with van der Waals surface area (Å²) >= 11 is 6.06. The van der Waals surface area contributed by atoms with Crippen molar-refractivity contribution in [1.82, 2.24) is 0 Å². The number of hydrogen-bond acceptors (Lipinski definition) is 3. The Kier molecular flexibility index (Phi) is 3.38. The molecule has 1 aromatic carbocycles. The third-order valence-electron chi connectivity index (χ3n) is 3.09. The minimum Gasteiger partial charge on any atom is -0.384 e. The number of halogens is 1. The van der Waals surface area contributed by atoms with Crippen molar-refractivity contribution in [2.75, 3.05) is 31.6 Å². The molecule has 88 valence electrons. The van der Waals surface area contributed by atoms with E-state index in [1.54, 1.807) is 0 Å². The minimum atomic E-state index is 0.108. The fraction of sp³-hybridized carbons (Fsp3) is 0.500. The molecule has 1 aromatic rings. The van der Waals surface area contributed by atoms with Crippen molar-refractivity contribution in [2.45, 2.75) is 6.92 Å². The highest BCUT2D eigenvalue weighted by Gasteiger charge is 2.36. The van der Waals surface area contributed by atoms with Crippen LogP contribution in [-0.4, -0.2) is 26.3 Å². The lowest BCUT2D eigenvalue weighted by Gasteiger charge is -2.40. The fourth-order valence-corrected chi connectivity index (χ4v) is 1.86. The van der Waals surface area contributed by atoms with Gasteiger partial charge in [-0.25, -0.2) is 0 Å². The highest BCUT2D eigenvalue weighted by Crippen LogP contribution is 2.27. The predicted octanol–water partition coefficient (Wildman–Crippen LogP) is 2.04. The van der Waals surface area contributed by atoms with Crippen LogP contribution in [0.4, 0.5) is 5.69 Å². The van der Waals surface area contributed by atoms with E-state index >= 15 is 0 Å². The smallest absolute Gasteiger partial charge is 0.0574 e. The predicted molar refractivity (Wildman–Crippen MR) is 67.0 cm³/mol. The number of aryl methyl sites for hydroxylation is 1. The fourth-order valence-electron chi connectivity index (χ4n) is 1.68. The number of nitrogens with two attached hydrogens (primary N) is 1. The number of nitrogens with one attached hydrogen (secondary N) is 1. The molecule has 0 atom stereocenters. The van der Waals surface area contributed by atoms with Gasteiger partial charge in [-0.2, -0.15) is 0 Å². The Labute approximate surface area is 101 Å². The van der Waals surface area contributed by atoms with Gasteiger partial charge >= 0.3 is 0 Å². The van der Waals surface area contributed by atoms with Gasteiger partial charge in [0.05, 0.1) is 13.2 Å². The van der Waals surface area contributed by atoms with Crippen LogP contribution in [0.25, 0.3) is 0 Å². The van der Waals surface area contributed by atoms with E-state index in [-0.39, 0.29) is 5.41 Å². The molecule has 1 saturated heterocycles. The summed E-state index contributed by atoms with van der Waals surface area (Å²) in [6.45, 7) is 4.97. The van der Waals surface area contributed by atoms with E-state index in [1.165, 1.54) is 0 Å². The van der Waals surface area contributed by atoms with Crippen molar-refractivity contribution >= 4 is 17.3 Å². The lowest BCUT2D eigenvalue weighted by molar-refractivity contribution is -0.0979. The molecular formula is C12H17ClN2O. The Hall–Kier alpha value is -0.770. The first-order valence-electron chi connectivity index (χ1n) is 5.43. The topological polar surface area (TPSA) is 47.3 Å². The molecule has 0 bridgehead atoms. The summed E-state index contributed by atoms with van der Waals surface area (Å²) in [5, 5.41) is 4.15. The molecule has 0 unspecified atom stereocenters. The van der Waals surface area contributed by atoms with E-state index in [9.17, 15) is 0 Å². The first-order chi connectivity index (χ1) is 7.65. The van der Waals surface area contributed by atoms with Crippen LogP contribution in [0, 0.1) is 12.3 Å². The van der Waals surface area contributed by atoms with Crippen molar-refractivity contribution in [3.05, 3.63) is 28.8 Å². The number of ether oxygens (including phenoxy) is 1.